The molecular formula is C49H49F2N11O10S2. The predicted molar refractivity (Wildman–Crippen MR) is 264 cm³/mol. The number of benzene rings is 2. The number of carbonyl (C=O) groups excluding carboxylic acids is 3. The number of esters is 1. The summed E-state index contributed by atoms with van der Waals surface area (Å²) in [6, 6.07) is 17.4. The van der Waals surface area contributed by atoms with E-state index < -0.39 is 37.5 Å². The normalized spacial score (nSPS) is 12.3. The molecule has 3 N–H and O–H groups in total. The van der Waals surface area contributed by atoms with Crippen LogP contribution in [-0.2, 0) is 52.0 Å². The number of hydrogen-bond acceptors (Lipinski definition) is 16. The number of sulfonamides is 1. The third-order valence-corrected chi connectivity index (χ3v) is 13.9. The van der Waals surface area contributed by atoms with Gasteiger partial charge in [-0.3, -0.25) is 24.4 Å². The first kappa shape index (κ1) is 53.8. The van der Waals surface area contributed by atoms with Gasteiger partial charge in [0.25, 0.3) is 21.8 Å². The summed E-state index contributed by atoms with van der Waals surface area (Å²) in [5.74, 6) is -2.55. The van der Waals surface area contributed by atoms with Gasteiger partial charge in [0.05, 0.1) is 84.2 Å². The van der Waals surface area contributed by atoms with Crippen LogP contribution in [0.4, 0.5) is 8.78 Å². The van der Waals surface area contributed by atoms with Gasteiger partial charge in [0.1, 0.15) is 11.6 Å². The molecule has 0 radical (unpaired) electrons. The number of sulfone groups is 1. The number of nitrogens with zero attached hydrogens (tertiary/aromatic N) is 8. The Labute approximate surface area is 423 Å². The summed E-state index contributed by atoms with van der Waals surface area (Å²) < 4.78 is 95.2. The Kier molecular flexibility index (Phi) is 18.3. The SMILES string of the molecule is C1CCOC1.COC(=O)CCS(=O)(=O)c1ccc(CNC(=O)c2cncc3c2cnn3-c2ccc(F)cc2)cn1.COCCNS(=O)(=O)c1ccc(CNC(=O)c2cncc3c2cnn3-c2ccc(F)cc2)cn1. The van der Waals surface area contributed by atoms with E-state index in [-0.39, 0.29) is 60.3 Å². The van der Waals surface area contributed by atoms with E-state index in [2.05, 4.69) is 50.2 Å². The van der Waals surface area contributed by atoms with Crippen molar-refractivity contribution in [1.82, 2.24) is 54.9 Å². The number of rotatable bonds is 17. The Morgan fingerprint density at radius 3 is 1.54 bits per heavy atom. The highest BCUT2D eigenvalue weighted by molar-refractivity contribution is 7.91. The second kappa shape index (κ2) is 25.1. The second-order valence-corrected chi connectivity index (χ2v) is 19.8. The standard InChI is InChI=1S/C23H20FN5O5S.C22H21FN6O4S.C4H8O/c1-34-22(30)8-9-35(32,33)21-7-2-15(10-26-21)11-27-23(31)19-12-25-14-20-18(19)13-28-29(20)17-5-3-16(24)4-6-17;1-33-9-8-28-34(31,32)21-7-2-15(10-25-21)11-26-22(30)19-12-24-14-20-18(19)13-27-29(20)17-5-3-16(23)4-6-17;1-2-4-5-3-1/h2-7,10,12-14H,8-9,11H2,1H3,(H,27,31);2-7,10,12-14,28H,8-9,11H2,1H3,(H,26,30);1-4H2. The Balaban J connectivity index is 0.000000197. The van der Waals surface area contributed by atoms with Gasteiger partial charge in [0.2, 0.25) is 0 Å². The van der Waals surface area contributed by atoms with Crippen molar-refractivity contribution >= 4 is 59.5 Å². The van der Waals surface area contributed by atoms with Crippen molar-refractivity contribution in [2.24, 2.45) is 0 Å². The average molecular weight is 1050 g/mol. The van der Waals surface area contributed by atoms with Crippen molar-refractivity contribution in [2.75, 3.05) is 46.3 Å². The summed E-state index contributed by atoms with van der Waals surface area (Å²) in [7, 11) is -4.82. The average Bonchev–Trinajstić information content (AvgIpc) is 4.24. The van der Waals surface area contributed by atoms with Crippen LogP contribution < -0.4 is 15.4 Å². The van der Waals surface area contributed by atoms with Gasteiger partial charge in [0, 0.05) is 75.5 Å². The van der Waals surface area contributed by atoms with E-state index >= 15 is 0 Å². The fraction of sp³-hybridized carbons (Fsp3) is 0.245. The van der Waals surface area contributed by atoms with Crippen molar-refractivity contribution in [3.05, 3.63) is 156 Å². The molecule has 0 saturated carbocycles. The molecule has 74 heavy (non-hydrogen) atoms. The van der Waals surface area contributed by atoms with Gasteiger partial charge in [-0.25, -0.2) is 49.7 Å². The highest BCUT2D eigenvalue weighted by Crippen LogP contribution is 2.23. The van der Waals surface area contributed by atoms with E-state index in [0.29, 0.717) is 55.4 Å². The fourth-order valence-corrected chi connectivity index (χ4v) is 9.11. The van der Waals surface area contributed by atoms with E-state index in [0.717, 1.165) is 13.2 Å². The van der Waals surface area contributed by atoms with E-state index in [4.69, 9.17) is 9.47 Å². The maximum atomic E-state index is 13.2. The quantitative estimate of drug-likeness (QED) is 0.0814. The lowest BCUT2D eigenvalue weighted by Gasteiger charge is -2.08. The molecule has 1 saturated heterocycles. The molecule has 1 aliphatic rings. The van der Waals surface area contributed by atoms with E-state index in [9.17, 15) is 40.0 Å². The molecule has 1 aliphatic heterocycles. The summed E-state index contributed by atoms with van der Waals surface area (Å²) in [5.41, 5.74) is 4.23. The highest BCUT2D eigenvalue weighted by atomic mass is 32.2. The van der Waals surface area contributed by atoms with E-state index in [1.807, 2.05) is 0 Å². The molecule has 0 unspecified atom stereocenters. The molecule has 0 spiro atoms. The van der Waals surface area contributed by atoms with Crippen LogP contribution in [-0.4, -0.2) is 120 Å². The van der Waals surface area contributed by atoms with Crippen molar-refractivity contribution in [2.45, 2.75) is 42.4 Å². The minimum absolute atomic E-state index is 0.0941. The molecule has 2 aromatic carbocycles. The highest BCUT2D eigenvalue weighted by Gasteiger charge is 2.20. The van der Waals surface area contributed by atoms with Crippen LogP contribution in [0.2, 0.25) is 0 Å². The minimum atomic E-state index is -3.74. The molecule has 25 heteroatoms. The van der Waals surface area contributed by atoms with Crippen LogP contribution in [0.15, 0.2) is 132 Å². The van der Waals surface area contributed by atoms with Gasteiger partial charge in [-0.1, -0.05) is 12.1 Å². The molecule has 6 aromatic heterocycles. The summed E-state index contributed by atoms with van der Waals surface area (Å²) in [6.45, 7) is 2.60. The van der Waals surface area contributed by atoms with Crippen LogP contribution in [0.25, 0.3) is 33.2 Å². The first-order valence-corrected chi connectivity index (χ1v) is 25.8. The van der Waals surface area contributed by atoms with Gasteiger partial charge in [-0.2, -0.15) is 10.2 Å². The molecule has 1 fully saturated rings. The number of hydrogen-bond donors (Lipinski definition) is 3. The molecule has 21 nitrogen and oxygen atoms in total. The zero-order chi connectivity index (χ0) is 52.7. The number of aromatic nitrogens is 8. The molecule has 9 rings (SSSR count). The maximum absolute atomic E-state index is 13.2. The minimum Gasteiger partial charge on any atom is -0.469 e. The predicted octanol–water partition coefficient (Wildman–Crippen LogP) is 4.83. The number of methoxy groups -OCH3 is 2. The van der Waals surface area contributed by atoms with Crippen molar-refractivity contribution in [3.63, 3.8) is 0 Å². The Hall–Kier alpha value is -7.97. The Morgan fingerprint density at radius 2 is 1.12 bits per heavy atom. The van der Waals surface area contributed by atoms with Crippen LogP contribution in [0.5, 0.6) is 0 Å². The van der Waals surface area contributed by atoms with Gasteiger partial charge in [0.15, 0.2) is 19.9 Å². The smallest absolute Gasteiger partial charge is 0.306 e. The van der Waals surface area contributed by atoms with Gasteiger partial charge in [-0.15, -0.1) is 0 Å². The zero-order valence-corrected chi connectivity index (χ0v) is 41.5. The Bertz CT molecular complexity index is 3430. The molecule has 2 amide bonds. The summed E-state index contributed by atoms with van der Waals surface area (Å²) >= 11 is 0. The molecule has 7 heterocycles. The number of fused-ring (bicyclic) bond motifs is 2. The lowest BCUT2D eigenvalue weighted by atomic mass is 10.1. The van der Waals surface area contributed by atoms with Crippen LogP contribution in [0.1, 0.15) is 51.1 Å². The maximum Gasteiger partial charge on any atom is 0.306 e. The van der Waals surface area contributed by atoms with E-state index in [1.54, 1.807) is 58.3 Å². The number of ether oxygens (including phenoxy) is 3. The number of pyridine rings is 4. The largest absolute Gasteiger partial charge is 0.469 e. The van der Waals surface area contributed by atoms with Gasteiger partial charge >= 0.3 is 5.97 Å². The third-order valence-electron chi connectivity index (χ3n) is 10.9. The number of carbonyl (C=O) groups is 3. The monoisotopic (exact) mass is 1050 g/mol. The van der Waals surface area contributed by atoms with Gasteiger partial charge < -0.3 is 24.8 Å². The molecule has 8 aromatic rings. The fourth-order valence-electron chi connectivity index (χ4n) is 7.04. The summed E-state index contributed by atoms with van der Waals surface area (Å²) in [6.07, 6.45) is 14.1. The van der Waals surface area contributed by atoms with Crippen molar-refractivity contribution in [3.8, 4) is 11.4 Å². The topological polar surface area (TPSA) is 270 Å². The second-order valence-electron chi connectivity index (χ2n) is 16.0. The summed E-state index contributed by atoms with van der Waals surface area (Å²) in [5, 5.41) is 15.0. The van der Waals surface area contributed by atoms with Gasteiger partial charge in [-0.05, 0) is 84.6 Å². The molecule has 0 atom stereocenters. The lowest BCUT2D eigenvalue weighted by molar-refractivity contribution is -0.140. The molecule has 386 valence electrons. The zero-order valence-electron chi connectivity index (χ0n) is 39.9. The first-order chi connectivity index (χ1) is 35.7. The molecular weight excluding hydrogens is 1000 g/mol. The van der Waals surface area contributed by atoms with Crippen LogP contribution >= 0.6 is 0 Å². The number of halogens is 2. The molecule has 0 aliphatic carbocycles. The third kappa shape index (κ3) is 14.0. The van der Waals surface area contributed by atoms with Crippen LogP contribution in [0, 0.1) is 11.6 Å². The van der Waals surface area contributed by atoms with Crippen molar-refractivity contribution < 1.29 is 54.2 Å². The lowest BCUT2D eigenvalue weighted by Crippen LogP contribution is -2.28. The van der Waals surface area contributed by atoms with Crippen molar-refractivity contribution in [1.29, 1.82) is 0 Å². The number of amides is 2. The van der Waals surface area contributed by atoms with Crippen LogP contribution in [0.3, 0.4) is 0 Å². The summed E-state index contributed by atoms with van der Waals surface area (Å²) in [4.78, 5) is 53.1. The Morgan fingerprint density at radius 1 is 0.635 bits per heavy atom. The molecule has 0 bridgehead atoms. The van der Waals surface area contributed by atoms with E-state index in [1.165, 1.54) is 101 Å². The number of nitrogens with one attached hydrogen (secondary N) is 3. The first-order valence-electron chi connectivity index (χ1n) is 22.6.